The van der Waals surface area contributed by atoms with Crippen LogP contribution in [0.3, 0.4) is 0 Å². The van der Waals surface area contributed by atoms with Crippen molar-refractivity contribution in [3.63, 3.8) is 0 Å². The van der Waals surface area contributed by atoms with Gasteiger partial charge in [-0.3, -0.25) is 0 Å². The zero-order valence-electron chi connectivity index (χ0n) is 7.58. The van der Waals surface area contributed by atoms with Crippen molar-refractivity contribution in [1.82, 2.24) is 5.32 Å². The summed E-state index contributed by atoms with van der Waals surface area (Å²) in [5, 5.41) is 11.7. The highest BCUT2D eigenvalue weighted by molar-refractivity contribution is 5.75. The van der Waals surface area contributed by atoms with Gasteiger partial charge in [0.1, 0.15) is 6.04 Å². The Morgan fingerprint density at radius 1 is 1.77 bits per heavy atom. The van der Waals surface area contributed by atoms with Crippen molar-refractivity contribution in [3.05, 3.63) is 36.1 Å². The molecule has 3 nitrogen and oxygen atoms in total. The fraction of sp³-hybridized carbons (Fsp3) is 0.300. The summed E-state index contributed by atoms with van der Waals surface area (Å²) in [4.78, 5) is 10.7. The topological polar surface area (TPSA) is 49.3 Å². The summed E-state index contributed by atoms with van der Waals surface area (Å²) < 4.78 is 0. The zero-order chi connectivity index (χ0) is 9.84. The molecule has 2 N–H and O–H groups in total. The number of carbonyl (C=O) groups is 1. The second-order valence-electron chi connectivity index (χ2n) is 2.88. The van der Waals surface area contributed by atoms with E-state index in [-0.39, 0.29) is 0 Å². The van der Waals surface area contributed by atoms with Crippen LogP contribution in [0.4, 0.5) is 0 Å². The van der Waals surface area contributed by atoms with E-state index in [1.54, 1.807) is 6.08 Å². The third-order valence-corrected chi connectivity index (χ3v) is 1.97. The molecule has 0 spiro atoms. The summed E-state index contributed by atoms with van der Waals surface area (Å²) in [5.41, 5.74) is 1.83. The molecule has 0 aromatic rings. The van der Waals surface area contributed by atoms with E-state index in [4.69, 9.17) is 5.11 Å². The van der Waals surface area contributed by atoms with Gasteiger partial charge in [-0.2, -0.15) is 0 Å². The summed E-state index contributed by atoms with van der Waals surface area (Å²) in [6.07, 6.45) is 5.98. The van der Waals surface area contributed by atoms with Gasteiger partial charge in [0.15, 0.2) is 0 Å². The second kappa shape index (κ2) is 3.94. The minimum Gasteiger partial charge on any atom is -0.480 e. The number of allylic oxidation sites excluding steroid dienone is 3. The molecule has 0 aromatic heterocycles. The maximum Gasteiger partial charge on any atom is 0.326 e. The Hall–Kier alpha value is -1.51. The average Bonchev–Trinajstić information content (AvgIpc) is 2.48. The molecular formula is C10H13NO2. The van der Waals surface area contributed by atoms with Gasteiger partial charge in [0.05, 0.1) is 0 Å². The van der Waals surface area contributed by atoms with Crippen molar-refractivity contribution in [2.75, 3.05) is 0 Å². The van der Waals surface area contributed by atoms with Crippen LogP contribution in [0.1, 0.15) is 13.3 Å². The summed E-state index contributed by atoms with van der Waals surface area (Å²) in [7, 11) is 0. The van der Waals surface area contributed by atoms with Crippen LogP contribution in [-0.4, -0.2) is 17.1 Å². The van der Waals surface area contributed by atoms with Gasteiger partial charge in [-0.05, 0) is 18.6 Å². The molecule has 0 aromatic carbocycles. The Bertz CT molecular complexity index is 289. The van der Waals surface area contributed by atoms with Gasteiger partial charge in [-0.1, -0.05) is 18.7 Å². The Morgan fingerprint density at radius 2 is 2.46 bits per heavy atom. The minimum absolute atomic E-state index is 0.501. The van der Waals surface area contributed by atoms with Crippen molar-refractivity contribution in [3.8, 4) is 0 Å². The lowest BCUT2D eigenvalue weighted by Crippen LogP contribution is -2.30. The Balaban J connectivity index is 2.80. The van der Waals surface area contributed by atoms with E-state index in [1.165, 1.54) is 0 Å². The monoisotopic (exact) mass is 179 g/mol. The van der Waals surface area contributed by atoms with Crippen molar-refractivity contribution >= 4 is 5.97 Å². The molecule has 0 saturated heterocycles. The van der Waals surface area contributed by atoms with Crippen molar-refractivity contribution in [2.45, 2.75) is 19.4 Å². The molecule has 0 unspecified atom stereocenters. The molecule has 13 heavy (non-hydrogen) atoms. The Kier molecular flexibility index (Phi) is 2.90. The first-order valence-electron chi connectivity index (χ1n) is 4.16. The number of rotatable bonds is 3. The molecule has 0 fully saturated rings. The average molecular weight is 179 g/mol. The van der Waals surface area contributed by atoms with Crippen LogP contribution < -0.4 is 5.32 Å². The molecule has 0 amide bonds. The van der Waals surface area contributed by atoms with Crippen molar-refractivity contribution in [1.29, 1.82) is 0 Å². The van der Waals surface area contributed by atoms with E-state index in [0.29, 0.717) is 6.42 Å². The highest BCUT2D eigenvalue weighted by atomic mass is 16.4. The predicted molar refractivity (Wildman–Crippen MR) is 51.2 cm³/mol. The van der Waals surface area contributed by atoms with Gasteiger partial charge in [-0.25, -0.2) is 4.79 Å². The lowest BCUT2D eigenvalue weighted by Gasteiger charge is -2.04. The molecule has 1 heterocycles. The van der Waals surface area contributed by atoms with Gasteiger partial charge in [0.2, 0.25) is 0 Å². The lowest BCUT2D eigenvalue weighted by molar-refractivity contribution is -0.138. The summed E-state index contributed by atoms with van der Waals surface area (Å²) in [6.45, 7) is 5.53. The van der Waals surface area contributed by atoms with Gasteiger partial charge in [0.25, 0.3) is 0 Å². The maximum absolute atomic E-state index is 10.7. The molecule has 3 heteroatoms. The van der Waals surface area contributed by atoms with Crippen LogP contribution in [0, 0.1) is 0 Å². The largest absolute Gasteiger partial charge is 0.480 e. The normalized spacial score (nSPS) is 22.1. The van der Waals surface area contributed by atoms with Crippen LogP contribution in [0.15, 0.2) is 36.1 Å². The smallest absolute Gasteiger partial charge is 0.326 e. The van der Waals surface area contributed by atoms with Crippen molar-refractivity contribution in [2.24, 2.45) is 0 Å². The van der Waals surface area contributed by atoms with E-state index in [1.807, 2.05) is 19.1 Å². The molecule has 1 aliphatic rings. The van der Waals surface area contributed by atoms with E-state index in [2.05, 4.69) is 11.9 Å². The number of hydrogen-bond acceptors (Lipinski definition) is 2. The molecule has 0 saturated carbocycles. The molecule has 1 rings (SSSR count). The van der Waals surface area contributed by atoms with E-state index in [0.717, 1.165) is 11.3 Å². The quantitative estimate of drug-likeness (QED) is 0.689. The number of aliphatic carboxylic acids is 1. The highest BCUT2D eigenvalue weighted by Gasteiger charge is 2.25. The molecular weight excluding hydrogens is 166 g/mol. The molecule has 0 aliphatic carbocycles. The van der Waals surface area contributed by atoms with Gasteiger partial charge in [0, 0.05) is 12.1 Å². The zero-order valence-corrected chi connectivity index (χ0v) is 7.58. The number of hydrogen-bond donors (Lipinski definition) is 2. The first-order chi connectivity index (χ1) is 6.19. The van der Waals surface area contributed by atoms with Crippen LogP contribution in [-0.2, 0) is 4.79 Å². The first kappa shape index (κ1) is 9.58. The van der Waals surface area contributed by atoms with Crippen LogP contribution in [0.25, 0.3) is 0 Å². The third-order valence-electron chi connectivity index (χ3n) is 1.97. The van der Waals surface area contributed by atoms with Gasteiger partial charge in [-0.15, -0.1) is 0 Å². The van der Waals surface area contributed by atoms with Crippen LogP contribution in [0.5, 0.6) is 0 Å². The van der Waals surface area contributed by atoms with Gasteiger partial charge >= 0.3 is 5.97 Å². The summed E-state index contributed by atoms with van der Waals surface area (Å²) in [6, 6.07) is -0.501. The number of nitrogens with one attached hydrogen (secondary N) is 1. The van der Waals surface area contributed by atoms with E-state index < -0.39 is 12.0 Å². The minimum atomic E-state index is -0.821. The fourth-order valence-corrected chi connectivity index (χ4v) is 1.36. The molecule has 1 aliphatic heterocycles. The first-order valence-corrected chi connectivity index (χ1v) is 4.16. The lowest BCUT2D eigenvalue weighted by atomic mass is 10.1. The van der Waals surface area contributed by atoms with Crippen LogP contribution in [0.2, 0.25) is 0 Å². The van der Waals surface area contributed by atoms with Crippen molar-refractivity contribution < 1.29 is 9.90 Å². The fourth-order valence-electron chi connectivity index (χ4n) is 1.36. The highest BCUT2D eigenvalue weighted by Crippen LogP contribution is 2.20. The van der Waals surface area contributed by atoms with E-state index >= 15 is 0 Å². The Labute approximate surface area is 77.5 Å². The predicted octanol–water partition coefficient (Wildman–Crippen LogP) is 1.45. The SMILES string of the molecule is C=CC1=C(/C=C\C)C[C@@H](C(=O)O)N1. The van der Waals surface area contributed by atoms with E-state index in [9.17, 15) is 4.79 Å². The summed E-state index contributed by atoms with van der Waals surface area (Å²) in [5.74, 6) is -0.821. The third kappa shape index (κ3) is 1.99. The standard InChI is InChI=1S/C10H13NO2/c1-3-5-7-6-9(10(12)13)11-8(7)4-2/h3-5,9,11H,2,6H2,1H3,(H,12,13)/b5-3-/t9-/m0/s1. The van der Waals surface area contributed by atoms with Crippen LogP contribution >= 0.6 is 0 Å². The summed E-state index contributed by atoms with van der Waals surface area (Å²) >= 11 is 0. The maximum atomic E-state index is 10.7. The molecule has 1 atom stereocenters. The number of carboxylic acids is 1. The second-order valence-corrected chi connectivity index (χ2v) is 2.88. The molecule has 0 radical (unpaired) electrons. The Morgan fingerprint density at radius 3 is 2.92 bits per heavy atom. The number of carboxylic acid groups (broad SMARTS) is 1. The molecule has 0 bridgehead atoms. The molecule has 70 valence electrons. The van der Waals surface area contributed by atoms with Gasteiger partial charge < -0.3 is 10.4 Å².